The number of aromatic amines is 1. The van der Waals surface area contributed by atoms with Crippen molar-refractivity contribution in [3.63, 3.8) is 0 Å². The lowest BCUT2D eigenvalue weighted by Crippen LogP contribution is -2.44. The Labute approximate surface area is 178 Å². The van der Waals surface area contributed by atoms with E-state index >= 15 is 0 Å². The highest BCUT2D eigenvalue weighted by molar-refractivity contribution is 5.93. The number of likely N-dealkylation sites (tertiary alicyclic amines) is 1. The number of rotatable bonds is 5. The molecule has 0 spiro atoms. The zero-order valence-corrected chi connectivity index (χ0v) is 16.9. The number of aromatic nitrogens is 4. The Morgan fingerprint density at radius 2 is 2.06 bits per heavy atom. The second-order valence-electron chi connectivity index (χ2n) is 7.27. The molecule has 1 aromatic carbocycles. The molecule has 1 fully saturated rings. The number of nitrogens with zero attached hydrogens (tertiary/aromatic N) is 4. The number of amides is 1. The maximum absolute atomic E-state index is 13.0. The average molecular weight is 423 g/mol. The van der Waals surface area contributed by atoms with Gasteiger partial charge in [0.2, 0.25) is 18.6 Å². The second-order valence-corrected chi connectivity index (χ2v) is 7.27. The zero-order chi connectivity index (χ0) is 21.2. The van der Waals surface area contributed by atoms with Crippen molar-refractivity contribution in [1.82, 2.24) is 25.1 Å². The number of fused-ring (bicyclic) bond motifs is 1. The smallest absolute Gasteiger partial charge is 0.272 e. The van der Waals surface area contributed by atoms with Gasteiger partial charge in [-0.25, -0.2) is 0 Å². The van der Waals surface area contributed by atoms with Gasteiger partial charge in [0.15, 0.2) is 11.5 Å². The molecule has 4 heterocycles. The van der Waals surface area contributed by atoms with Crippen molar-refractivity contribution in [2.75, 3.05) is 27.0 Å². The number of methoxy groups -OCH3 is 1. The topological polar surface area (TPSA) is 112 Å². The fraction of sp³-hybridized carbons (Fsp3) is 0.333. The predicted octanol–water partition coefficient (Wildman–Crippen LogP) is 2.29. The predicted molar refractivity (Wildman–Crippen MR) is 108 cm³/mol. The molecule has 1 unspecified atom stereocenters. The summed E-state index contributed by atoms with van der Waals surface area (Å²) < 4.78 is 21.8. The number of hydrogen-bond acceptors (Lipinski definition) is 8. The number of hydrogen-bond donors (Lipinski definition) is 1. The largest absolute Gasteiger partial charge is 0.480 e. The number of benzene rings is 1. The first-order chi connectivity index (χ1) is 15.2. The molecular formula is C21H21N5O5. The van der Waals surface area contributed by atoms with Crippen LogP contribution in [-0.4, -0.2) is 64.1 Å². The highest BCUT2D eigenvalue weighted by Crippen LogP contribution is 2.35. The van der Waals surface area contributed by atoms with E-state index in [0.717, 1.165) is 18.4 Å². The van der Waals surface area contributed by atoms with Crippen molar-refractivity contribution in [2.45, 2.75) is 18.9 Å². The minimum Gasteiger partial charge on any atom is -0.480 e. The minimum atomic E-state index is -0.171. The molecule has 1 saturated heterocycles. The molecule has 10 nitrogen and oxygen atoms in total. The molecule has 1 atom stereocenters. The van der Waals surface area contributed by atoms with Gasteiger partial charge in [0.1, 0.15) is 11.8 Å². The van der Waals surface area contributed by atoms with Crippen LogP contribution in [-0.2, 0) is 0 Å². The fourth-order valence-corrected chi connectivity index (χ4v) is 3.68. The third kappa shape index (κ3) is 3.96. The first-order valence-electron chi connectivity index (χ1n) is 9.97. The SMILES string of the molecule is COc1cncc(OC2CCCN(C(=O)c3cc(-c4ccc5c(c4)OCO5)n[nH]3)C2)n1. The van der Waals surface area contributed by atoms with Crippen molar-refractivity contribution in [3.05, 3.63) is 42.4 Å². The van der Waals surface area contributed by atoms with Crippen LogP contribution >= 0.6 is 0 Å². The van der Waals surface area contributed by atoms with E-state index in [9.17, 15) is 4.79 Å². The number of carbonyl (C=O) groups is 1. The van der Waals surface area contributed by atoms with Crippen molar-refractivity contribution >= 4 is 5.91 Å². The van der Waals surface area contributed by atoms with Gasteiger partial charge >= 0.3 is 0 Å². The molecule has 0 aliphatic carbocycles. The van der Waals surface area contributed by atoms with E-state index in [1.807, 2.05) is 18.2 Å². The van der Waals surface area contributed by atoms with E-state index in [4.69, 9.17) is 18.9 Å². The van der Waals surface area contributed by atoms with Gasteiger partial charge in [-0.05, 0) is 37.1 Å². The standard InChI is InChI=1S/C21H21N5O5/c1-28-19-9-22-10-20(23-19)31-14-3-2-6-26(11-14)21(27)16-8-15(24-25-16)13-4-5-17-18(7-13)30-12-29-17/h4-5,7-10,14H,2-3,6,11-12H2,1H3,(H,24,25). The fourth-order valence-electron chi connectivity index (χ4n) is 3.68. The first-order valence-corrected chi connectivity index (χ1v) is 9.97. The van der Waals surface area contributed by atoms with Crippen molar-refractivity contribution in [1.29, 1.82) is 0 Å². The lowest BCUT2D eigenvalue weighted by Gasteiger charge is -2.32. The Hall–Kier alpha value is -3.82. The van der Waals surface area contributed by atoms with Gasteiger partial charge < -0.3 is 23.8 Å². The summed E-state index contributed by atoms with van der Waals surface area (Å²) in [4.78, 5) is 23.1. The Bertz CT molecular complexity index is 1100. The van der Waals surface area contributed by atoms with Crippen LogP contribution in [0.5, 0.6) is 23.3 Å². The molecule has 10 heteroatoms. The third-order valence-electron chi connectivity index (χ3n) is 5.23. The molecule has 2 aliphatic rings. The van der Waals surface area contributed by atoms with Gasteiger partial charge in [-0.1, -0.05) is 0 Å². The zero-order valence-electron chi connectivity index (χ0n) is 16.9. The van der Waals surface area contributed by atoms with Crippen molar-refractivity contribution in [2.24, 2.45) is 0 Å². The van der Waals surface area contributed by atoms with E-state index in [0.29, 0.717) is 47.7 Å². The summed E-state index contributed by atoms with van der Waals surface area (Å²) in [5.74, 6) is 2.02. The van der Waals surface area contributed by atoms with E-state index in [2.05, 4.69) is 20.2 Å². The Morgan fingerprint density at radius 3 is 2.97 bits per heavy atom. The van der Waals surface area contributed by atoms with Gasteiger partial charge in [-0.3, -0.25) is 14.9 Å². The van der Waals surface area contributed by atoms with E-state index in [1.165, 1.54) is 19.5 Å². The molecule has 0 radical (unpaired) electrons. The van der Waals surface area contributed by atoms with Gasteiger partial charge in [0.25, 0.3) is 5.91 Å². The van der Waals surface area contributed by atoms with Crippen LogP contribution < -0.4 is 18.9 Å². The number of H-pyrrole nitrogens is 1. The van der Waals surface area contributed by atoms with Crippen LogP contribution in [0.25, 0.3) is 11.3 Å². The molecule has 3 aromatic rings. The molecule has 2 aliphatic heterocycles. The molecule has 160 valence electrons. The maximum atomic E-state index is 13.0. The molecule has 31 heavy (non-hydrogen) atoms. The third-order valence-corrected chi connectivity index (χ3v) is 5.23. The highest BCUT2D eigenvalue weighted by atomic mass is 16.7. The molecule has 1 N–H and O–H groups in total. The summed E-state index contributed by atoms with van der Waals surface area (Å²) in [6, 6.07) is 7.32. The summed E-state index contributed by atoms with van der Waals surface area (Å²) in [5, 5.41) is 7.16. The van der Waals surface area contributed by atoms with Crippen LogP contribution in [0.4, 0.5) is 0 Å². The second kappa shape index (κ2) is 8.13. The number of ether oxygens (including phenoxy) is 4. The van der Waals surface area contributed by atoms with E-state index in [-0.39, 0.29) is 18.8 Å². The molecule has 5 rings (SSSR count). The van der Waals surface area contributed by atoms with Gasteiger partial charge in [-0.15, -0.1) is 0 Å². The van der Waals surface area contributed by atoms with E-state index < -0.39 is 0 Å². The number of carbonyl (C=O) groups excluding carboxylic acids is 1. The lowest BCUT2D eigenvalue weighted by atomic mass is 10.1. The summed E-state index contributed by atoms with van der Waals surface area (Å²) in [5.41, 5.74) is 1.93. The normalized spacial score (nSPS) is 17.5. The van der Waals surface area contributed by atoms with Crippen LogP contribution in [0.1, 0.15) is 23.3 Å². The monoisotopic (exact) mass is 423 g/mol. The summed E-state index contributed by atoms with van der Waals surface area (Å²) in [6.45, 7) is 1.32. The lowest BCUT2D eigenvalue weighted by molar-refractivity contribution is 0.0520. The molecule has 0 saturated carbocycles. The number of piperidine rings is 1. The van der Waals surface area contributed by atoms with Crippen LogP contribution in [0.3, 0.4) is 0 Å². The Kier molecular flexibility index (Phi) is 5.03. The van der Waals surface area contributed by atoms with Gasteiger partial charge in [0, 0.05) is 12.1 Å². The molecule has 0 bridgehead atoms. The van der Waals surface area contributed by atoms with Crippen LogP contribution in [0.15, 0.2) is 36.7 Å². The minimum absolute atomic E-state index is 0.121. The average Bonchev–Trinajstić information content (AvgIpc) is 3.48. The van der Waals surface area contributed by atoms with Gasteiger partial charge in [-0.2, -0.15) is 10.1 Å². The first kappa shape index (κ1) is 19.2. The molecule has 1 amide bonds. The Balaban J connectivity index is 1.27. The quantitative estimate of drug-likeness (QED) is 0.665. The van der Waals surface area contributed by atoms with Crippen LogP contribution in [0.2, 0.25) is 0 Å². The van der Waals surface area contributed by atoms with Crippen molar-refractivity contribution in [3.8, 4) is 34.5 Å². The van der Waals surface area contributed by atoms with Crippen LogP contribution in [0, 0.1) is 0 Å². The van der Waals surface area contributed by atoms with Crippen molar-refractivity contribution < 1.29 is 23.7 Å². The highest BCUT2D eigenvalue weighted by Gasteiger charge is 2.27. The van der Waals surface area contributed by atoms with Gasteiger partial charge in [0.05, 0.1) is 31.7 Å². The summed E-state index contributed by atoms with van der Waals surface area (Å²) in [6.07, 6.45) is 4.54. The molecule has 2 aromatic heterocycles. The Morgan fingerprint density at radius 1 is 1.19 bits per heavy atom. The number of nitrogens with one attached hydrogen (secondary N) is 1. The molecular weight excluding hydrogens is 402 g/mol. The summed E-state index contributed by atoms with van der Waals surface area (Å²) >= 11 is 0. The van der Waals surface area contributed by atoms with E-state index in [1.54, 1.807) is 11.0 Å². The maximum Gasteiger partial charge on any atom is 0.272 e. The summed E-state index contributed by atoms with van der Waals surface area (Å²) in [7, 11) is 1.52.